The van der Waals surface area contributed by atoms with Crippen LogP contribution >= 0.6 is 11.6 Å². The number of nitrogens with zero attached hydrogens (tertiary/aromatic N) is 3. The van der Waals surface area contributed by atoms with Crippen molar-refractivity contribution in [1.82, 2.24) is 9.97 Å². The summed E-state index contributed by atoms with van der Waals surface area (Å²) in [5, 5.41) is 0. The molecule has 2 rings (SSSR count). The van der Waals surface area contributed by atoms with Crippen LogP contribution in [0.5, 0.6) is 11.8 Å². The van der Waals surface area contributed by atoms with E-state index in [2.05, 4.69) is 22.1 Å². The molecule has 0 radical (unpaired) electrons. The van der Waals surface area contributed by atoms with Crippen molar-refractivity contribution in [2.24, 2.45) is 0 Å². The van der Waals surface area contributed by atoms with Gasteiger partial charge in [0.15, 0.2) is 0 Å². The highest BCUT2D eigenvalue weighted by Gasteiger charge is 2.13. The molecule has 6 heteroatoms. The molecule has 5 nitrogen and oxygen atoms in total. The van der Waals surface area contributed by atoms with E-state index in [9.17, 15) is 0 Å². The molecule has 0 aliphatic rings. The minimum Gasteiger partial charge on any atom is -0.481 e. The maximum absolute atomic E-state index is 5.90. The summed E-state index contributed by atoms with van der Waals surface area (Å²) >= 11 is 5.90. The van der Waals surface area contributed by atoms with Gasteiger partial charge in [-0.25, -0.2) is 0 Å². The second-order valence-corrected chi connectivity index (χ2v) is 4.73. The van der Waals surface area contributed by atoms with Gasteiger partial charge < -0.3 is 14.4 Å². The van der Waals surface area contributed by atoms with E-state index in [0.717, 1.165) is 5.56 Å². The molecule has 0 spiro atoms. The first kappa shape index (κ1) is 15.4. The lowest BCUT2D eigenvalue weighted by atomic mass is 10.2. The maximum Gasteiger partial charge on any atom is 0.232 e. The molecular weight excluding hydrogens is 290 g/mol. The topological polar surface area (TPSA) is 47.5 Å². The van der Waals surface area contributed by atoms with E-state index in [1.54, 1.807) is 20.3 Å². The normalized spacial score (nSPS) is 10.2. The summed E-state index contributed by atoms with van der Waals surface area (Å²) < 4.78 is 10.4. The van der Waals surface area contributed by atoms with Crippen molar-refractivity contribution >= 4 is 17.5 Å². The van der Waals surface area contributed by atoms with Gasteiger partial charge in [0, 0.05) is 19.0 Å². The number of alkyl halides is 1. The Morgan fingerprint density at radius 2 is 1.67 bits per heavy atom. The smallest absolute Gasteiger partial charge is 0.232 e. The Kier molecular flexibility index (Phi) is 5.63. The van der Waals surface area contributed by atoms with Crippen molar-refractivity contribution in [2.45, 2.75) is 6.54 Å². The first-order valence-electron chi connectivity index (χ1n) is 6.58. The van der Waals surface area contributed by atoms with Crippen LogP contribution in [-0.4, -0.2) is 36.6 Å². The minimum atomic E-state index is 0.462. The van der Waals surface area contributed by atoms with Gasteiger partial charge in [0.2, 0.25) is 17.7 Å². The summed E-state index contributed by atoms with van der Waals surface area (Å²) in [6, 6.07) is 11.7. The zero-order valence-electron chi connectivity index (χ0n) is 12.1. The number of benzene rings is 1. The van der Waals surface area contributed by atoms with Crippen molar-refractivity contribution in [3.8, 4) is 11.8 Å². The molecule has 0 aliphatic heterocycles. The molecule has 112 valence electrons. The van der Waals surface area contributed by atoms with E-state index in [0.29, 0.717) is 36.7 Å². The fourth-order valence-electron chi connectivity index (χ4n) is 1.90. The van der Waals surface area contributed by atoms with Crippen LogP contribution in [0.15, 0.2) is 36.4 Å². The molecule has 1 aromatic heterocycles. The minimum absolute atomic E-state index is 0.462. The number of halogens is 1. The predicted octanol–water partition coefficient (Wildman–Crippen LogP) is 2.74. The highest BCUT2D eigenvalue weighted by molar-refractivity contribution is 6.18. The molecule has 0 N–H and O–H groups in total. The molecule has 0 amide bonds. The molecule has 0 saturated heterocycles. The summed E-state index contributed by atoms with van der Waals surface area (Å²) in [5.74, 6) is 1.94. The Morgan fingerprint density at radius 3 is 2.19 bits per heavy atom. The van der Waals surface area contributed by atoms with Crippen LogP contribution in [0, 0.1) is 0 Å². The molecule has 0 bridgehead atoms. The number of anilines is 1. The standard InChI is InChI=1S/C15H18ClN3O2/c1-20-13-10-14(21-2)18-15(17-13)19(9-8-16)11-12-6-4-3-5-7-12/h3-7,10H,8-9,11H2,1-2H3. The van der Waals surface area contributed by atoms with Gasteiger partial charge in [0.1, 0.15) is 0 Å². The van der Waals surface area contributed by atoms with Crippen LogP contribution in [0.1, 0.15) is 5.56 Å². The van der Waals surface area contributed by atoms with Crippen LogP contribution in [0.2, 0.25) is 0 Å². The average Bonchev–Trinajstić information content (AvgIpc) is 2.55. The molecule has 2 aromatic rings. The van der Waals surface area contributed by atoms with Gasteiger partial charge in [-0.05, 0) is 5.56 Å². The number of aromatic nitrogens is 2. The van der Waals surface area contributed by atoms with Crippen molar-refractivity contribution in [3.63, 3.8) is 0 Å². The summed E-state index contributed by atoms with van der Waals surface area (Å²) in [7, 11) is 3.13. The Labute approximate surface area is 129 Å². The fraction of sp³-hybridized carbons (Fsp3) is 0.333. The highest BCUT2D eigenvalue weighted by Crippen LogP contribution is 2.21. The van der Waals surface area contributed by atoms with Crippen LogP contribution in [-0.2, 0) is 6.54 Å². The van der Waals surface area contributed by atoms with E-state index >= 15 is 0 Å². The molecular formula is C15H18ClN3O2. The van der Waals surface area contributed by atoms with Crippen LogP contribution < -0.4 is 14.4 Å². The van der Waals surface area contributed by atoms with E-state index in [1.165, 1.54) is 0 Å². The molecule has 0 atom stereocenters. The van der Waals surface area contributed by atoms with Crippen LogP contribution in [0.25, 0.3) is 0 Å². The second-order valence-electron chi connectivity index (χ2n) is 4.35. The third-order valence-electron chi connectivity index (χ3n) is 2.94. The fourth-order valence-corrected chi connectivity index (χ4v) is 2.10. The van der Waals surface area contributed by atoms with Gasteiger partial charge in [-0.1, -0.05) is 30.3 Å². The van der Waals surface area contributed by atoms with Gasteiger partial charge >= 0.3 is 0 Å². The van der Waals surface area contributed by atoms with Gasteiger partial charge in [0.25, 0.3) is 0 Å². The molecule has 0 unspecified atom stereocenters. The number of ether oxygens (including phenoxy) is 2. The summed E-state index contributed by atoms with van der Waals surface area (Å²) in [6.07, 6.45) is 0. The summed E-state index contributed by atoms with van der Waals surface area (Å²) in [4.78, 5) is 10.7. The Bertz CT molecular complexity index is 544. The Hall–Kier alpha value is -2.01. The number of hydrogen-bond acceptors (Lipinski definition) is 5. The van der Waals surface area contributed by atoms with Crippen molar-refractivity contribution in [2.75, 3.05) is 31.5 Å². The van der Waals surface area contributed by atoms with Crippen molar-refractivity contribution in [1.29, 1.82) is 0 Å². The molecule has 0 saturated carbocycles. The van der Waals surface area contributed by atoms with E-state index in [-0.39, 0.29) is 0 Å². The van der Waals surface area contributed by atoms with Crippen molar-refractivity contribution in [3.05, 3.63) is 42.0 Å². The number of methoxy groups -OCH3 is 2. The van der Waals surface area contributed by atoms with E-state index in [4.69, 9.17) is 21.1 Å². The summed E-state index contributed by atoms with van der Waals surface area (Å²) in [5.41, 5.74) is 1.16. The molecule has 1 heterocycles. The molecule has 0 fully saturated rings. The predicted molar refractivity (Wildman–Crippen MR) is 83.3 cm³/mol. The maximum atomic E-state index is 5.90. The van der Waals surface area contributed by atoms with E-state index in [1.807, 2.05) is 23.1 Å². The highest BCUT2D eigenvalue weighted by atomic mass is 35.5. The average molecular weight is 308 g/mol. The first-order valence-corrected chi connectivity index (χ1v) is 7.12. The zero-order valence-corrected chi connectivity index (χ0v) is 12.9. The Morgan fingerprint density at radius 1 is 1.05 bits per heavy atom. The monoisotopic (exact) mass is 307 g/mol. The molecule has 21 heavy (non-hydrogen) atoms. The largest absolute Gasteiger partial charge is 0.481 e. The quantitative estimate of drug-likeness (QED) is 0.736. The van der Waals surface area contributed by atoms with Crippen molar-refractivity contribution < 1.29 is 9.47 Å². The lowest BCUT2D eigenvalue weighted by Gasteiger charge is -2.22. The Balaban J connectivity index is 2.28. The summed E-state index contributed by atoms with van der Waals surface area (Å²) in [6.45, 7) is 1.30. The van der Waals surface area contributed by atoms with Crippen LogP contribution in [0.4, 0.5) is 5.95 Å². The number of rotatable bonds is 7. The lowest BCUT2D eigenvalue weighted by Crippen LogP contribution is -2.27. The zero-order chi connectivity index (χ0) is 15.1. The van der Waals surface area contributed by atoms with Gasteiger partial charge in [-0.2, -0.15) is 9.97 Å². The first-order chi connectivity index (χ1) is 10.3. The molecule has 1 aromatic carbocycles. The third-order valence-corrected chi connectivity index (χ3v) is 3.11. The van der Waals surface area contributed by atoms with Gasteiger partial charge in [0.05, 0.1) is 20.3 Å². The van der Waals surface area contributed by atoms with Crippen LogP contribution in [0.3, 0.4) is 0 Å². The number of hydrogen-bond donors (Lipinski definition) is 0. The van der Waals surface area contributed by atoms with Gasteiger partial charge in [-0.3, -0.25) is 0 Å². The van der Waals surface area contributed by atoms with Gasteiger partial charge in [-0.15, -0.1) is 11.6 Å². The lowest BCUT2D eigenvalue weighted by molar-refractivity contribution is 0.371. The second kappa shape index (κ2) is 7.69. The molecule has 0 aliphatic carbocycles. The van der Waals surface area contributed by atoms with E-state index < -0.39 is 0 Å². The third kappa shape index (κ3) is 4.23. The SMILES string of the molecule is COc1cc(OC)nc(N(CCCl)Cc2ccccc2)n1.